The lowest BCUT2D eigenvalue weighted by molar-refractivity contribution is 0.175. The molecule has 1 atom stereocenters. The molecule has 2 nitrogen and oxygen atoms in total. The fourth-order valence-corrected chi connectivity index (χ4v) is 2.34. The highest BCUT2D eigenvalue weighted by Crippen LogP contribution is 2.13. The van der Waals surface area contributed by atoms with Crippen molar-refractivity contribution in [2.45, 2.75) is 18.9 Å². The van der Waals surface area contributed by atoms with E-state index in [1.165, 1.54) is 0 Å². The van der Waals surface area contributed by atoms with Crippen molar-refractivity contribution in [3.8, 4) is 0 Å². The van der Waals surface area contributed by atoms with Gasteiger partial charge in [-0.3, -0.25) is 0 Å². The number of hydrogen-bond donors (Lipinski definition) is 1. The molecule has 0 spiro atoms. The summed E-state index contributed by atoms with van der Waals surface area (Å²) in [6.45, 7) is 0. The van der Waals surface area contributed by atoms with Gasteiger partial charge < -0.3 is 5.11 Å². The van der Waals surface area contributed by atoms with E-state index in [0.29, 0.717) is 12.8 Å². The van der Waals surface area contributed by atoms with Crippen molar-refractivity contribution in [2.24, 2.45) is 0 Å². The van der Waals surface area contributed by atoms with Gasteiger partial charge in [-0.15, -0.1) is 11.3 Å². The molecule has 0 aliphatic carbocycles. The van der Waals surface area contributed by atoms with Gasteiger partial charge in [0.1, 0.15) is 0 Å². The summed E-state index contributed by atoms with van der Waals surface area (Å²) in [7, 11) is 0. The fraction of sp³-hybridized carbons (Fsp3) is 0.250. The normalized spacial score (nSPS) is 12.6. The molecule has 1 unspecified atom stereocenters. The second-order valence-corrected chi connectivity index (χ2v) is 5.03. The maximum Gasteiger partial charge on any atom is 0.0950 e. The highest BCUT2D eigenvalue weighted by Gasteiger charge is 2.08. The summed E-state index contributed by atoms with van der Waals surface area (Å²) in [6.07, 6.45) is 2.62. The molecule has 1 heterocycles. The zero-order chi connectivity index (χ0) is 11.4. The number of aromatic nitrogens is 1. The molecule has 0 radical (unpaired) electrons. The van der Waals surface area contributed by atoms with E-state index in [2.05, 4.69) is 4.98 Å². The van der Waals surface area contributed by atoms with E-state index in [9.17, 15) is 5.11 Å². The Hall–Kier alpha value is -0.900. The number of hydrogen-bond acceptors (Lipinski definition) is 3. The highest BCUT2D eigenvalue weighted by atomic mass is 35.5. The standard InChI is InChI=1S/C12H12ClNOS/c13-10-3-1-9(2-4-10)7-11(15)8-12-14-5-6-16-12/h1-6,11,15H,7-8H2. The summed E-state index contributed by atoms with van der Waals surface area (Å²) in [4.78, 5) is 4.15. The van der Waals surface area contributed by atoms with Gasteiger partial charge in [-0.1, -0.05) is 23.7 Å². The van der Waals surface area contributed by atoms with Gasteiger partial charge in [0, 0.05) is 23.0 Å². The molecule has 1 aromatic heterocycles. The summed E-state index contributed by atoms with van der Waals surface area (Å²) >= 11 is 7.36. The molecular formula is C12H12ClNOS. The molecule has 0 saturated heterocycles. The topological polar surface area (TPSA) is 33.1 Å². The molecule has 0 bridgehead atoms. The SMILES string of the molecule is OC(Cc1ccc(Cl)cc1)Cc1nccs1. The minimum atomic E-state index is -0.382. The molecule has 2 aromatic rings. The van der Waals surface area contributed by atoms with Crippen LogP contribution in [0.5, 0.6) is 0 Å². The lowest BCUT2D eigenvalue weighted by atomic mass is 10.1. The van der Waals surface area contributed by atoms with E-state index >= 15 is 0 Å². The van der Waals surface area contributed by atoms with Crippen LogP contribution in [0.3, 0.4) is 0 Å². The lowest BCUT2D eigenvalue weighted by Gasteiger charge is -2.08. The van der Waals surface area contributed by atoms with Crippen LogP contribution < -0.4 is 0 Å². The first-order chi connectivity index (χ1) is 7.74. The molecule has 4 heteroatoms. The zero-order valence-corrected chi connectivity index (χ0v) is 10.2. The van der Waals surface area contributed by atoms with Crippen molar-refractivity contribution in [3.63, 3.8) is 0 Å². The summed E-state index contributed by atoms with van der Waals surface area (Å²) in [5.74, 6) is 0. The first-order valence-corrected chi connectivity index (χ1v) is 6.30. The Morgan fingerprint density at radius 1 is 1.25 bits per heavy atom. The maximum atomic E-state index is 9.88. The average molecular weight is 254 g/mol. The van der Waals surface area contributed by atoms with Crippen LogP contribution in [-0.4, -0.2) is 16.2 Å². The fourth-order valence-electron chi connectivity index (χ4n) is 1.52. The number of nitrogens with zero attached hydrogens (tertiary/aromatic N) is 1. The molecule has 0 aliphatic heterocycles. The third-order valence-corrected chi connectivity index (χ3v) is 3.33. The van der Waals surface area contributed by atoms with E-state index in [1.807, 2.05) is 29.6 Å². The molecule has 2 rings (SSSR count). The highest BCUT2D eigenvalue weighted by molar-refractivity contribution is 7.09. The van der Waals surface area contributed by atoms with Crippen LogP contribution in [0.25, 0.3) is 0 Å². The van der Waals surface area contributed by atoms with E-state index < -0.39 is 0 Å². The number of halogens is 1. The van der Waals surface area contributed by atoms with Crippen LogP contribution in [0.4, 0.5) is 0 Å². The smallest absolute Gasteiger partial charge is 0.0950 e. The van der Waals surface area contributed by atoms with Gasteiger partial charge in [0.05, 0.1) is 11.1 Å². The van der Waals surface area contributed by atoms with Gasteiger partial charge in [-0.05, 0) is 24.1 Å². The third kappa shape index (κ3) is 3.30. The van der Waals surface area contributed by atoms with Crippen molar-refractivity contribution in [1.82, 2.24) is 4.98 Å². The predicted molar refractivity (Wildman–Crippen MR) is 67.0 cm³/mol. The van der Waals surface area contributed by atoms with Crippen molar-refractivity contribution in [1.29, 1.82) is 0 Å². The first kappa shape index (κ1) is 11.6. The number of aliphatic hydroxyl groups is 1. The molecule has 0 amide bonds. The minimum absolute atomic E-state index is 0.382. The molecule has 0 saturated carbocycles. The molecule has 0 fully saturated rings. The van der Waals surface area contributed by atoms with Crippen molar-refractivity contribution in [2.75, 3.05) is 0 Å². The van der Waals surface area contributed by atoms with Gasteiger partial charge in [0.2, 0.25) is 0 Å². The first-order valence-electron chi connectivity index (χ1n) is 5.05. The van der Waals surface area contributed by atoms with Gasteiger partial charge >= 0.3 is 0 Å². The molecule has 1 N–H and O–H groups in total. The quantitative estimate of drug-likeness (QED) is 0.909. The molecule has 0 aliphatic rings. The second kappa shape index (κ2) is 5.43. The van der Waals surface area contributed by atoms with E-state index in [0.717, 1.165) is 15.6 Å². The maximum absolute atomic E-state index is 9.88. The van der Waals surface area contributed by atoms with Crippen LogP contribution in [-0.2, 0) is 12.8 Å². The number of aliphatic hydroxyl groups excluding tert-OH is 1. The predicted octanol–water partition coefficient (Wildman–Crippen LogP) is 2.94. The van der Waals surface area contributed by atoms with Gasteiger partial charge in [0.15, 0.2) is 0 Å². The number of rotatable bonds is 4. The lowest BCUT2D eigenvalue weighted by Crippen LogP contribution is -2.13. The van der Waals surface area contributed by atoms with Gasteiger partial charge in [-0.25, -0.2) is 4.98 Å². The number of benzene rings is 1. The van der Waals surface area contributed by atoms with Crippen LogP contribution in [0.1, 0.15) is 10.6 Å². The molecule has 16 heavy (non-hydrogen) atoms. The number of thiazole rings is 1. The van der Waals surface area contributed by atoms with Crippen molar-refractivity contribution in [3.05, 3.63) is 51.4 Å². The van der Waals surface area contributed by atoms with Gasteiger partial charge in [-0.2, -0.15) is 0 Å². The Kier molecular flexibility index (Phi) is 3.93. The van der Waals surface area contributed by atoms with Crippen LogP contribution in [0, 0.1) is 0 Å². The van der Waals surface area contributed by atoms with E-state index in [4.69, 9.17) is 11.6 Å². The molecular weight excluding hydrogens is 242 g/mol. The minimum Gasteiger partial charge on any atom is -0.392 e. The monoisotopic (exact) mass is 253 g/mol. The van der Waals surface area contributed by atoms with Crippen molar-refractivity contribution < 1.29 is 5.11 Å². The van der Waals surface area contributed by atoms with Gasteiger partial charge in [0.25, 0.3) is 0 Å². The summed E-state index contributed by atoms with van der Waals surface area (Å²) < 4.78 is 0. The van der Waals surface area contributed by atoms with E-state index in [-0.39, 0.29) is 6.10 Å². The average Bonchev–Trinajstić information content (AvgIpc) is 2.74. The Balaban J connectivity index is 1.92. The van der Waals surface area contributed by atoms with E-state index in [1.54, 1.807) is 17.5 Å². The summed E-state index contributed by atoms with van der Waals surface area (Å²) in [6, 6.07) is 7.56. The van der Waals surface area contributed by atoms with Crippen LogP contribution in [0.2, 0.25) is 5.02 Å². The molecule has 1 aromatic carbocycles. The largest absolute Gasteiger partial charge is 0.392 e. The summed E-state index contributed by atoms with van der Waals surface area (Å²) in [5, 5.41) is 13.5. The Labute approximate surface area is 104 Å². The second-order valence-electron chi connectivity index (χ2n) is 3.61. The summed E-state index contributed by atoms with van der Waals surface area (Å²) in [5.41, 5.74) is 1.09. The Morgan fingerprint density at radius 3 is 2.62 bits per heavy atom. The molecule has 84 valence electrons. The third-order valence-electron chi connectivity index (χ3n) is 2.28. The van der Waals surface area contributed by atoms with Crippen molar-refractivity contribution >= 4 is 22.9 Å². The zero-order valence-electron chi connectivity index (χ0n) is 8.64. The van der Waals surface area contributed by atoms with Crippen LogP contribution >= 0.6 is 22.9 Å². The van der Waals surface area contributed by atoms with Crippen LogP contribution in [0.15, 0.2) is 35.8 Å². The Bertz CT molecular complexity index is 427. The Morgan fingerprint density at radius 2 is 2.00 bits per heavy atom.